The van der Waals surface area contributed by atoms with Gasteiger partial charge in [-0.1, -0.05) is 12.2 Å². The van der Waals surface area contributed by atoms with Crippen molar-refractivity contribution in [2.45, 2.75) is 25.4 Å². The molecular formula is C14H14F3N3O2. The Balaban J connectivity index is 2.14. The van der Waals surface area contributed by atoms with Crippen molar-refractivity contribution in [2.24, 2.45) is 11.0 Å². The van der Waals surface area contributed by atoms with Crippen molar-refractivity contribution in [1.29, 1.82) is 0 Å². The quantitative estimate of drug-likeness (QED) is 0.388. The van der Waals surface area contributed by atoms with Crippen molar-refractivity contribution in [3.8, 4) is 0 Å². The average molecular weight is 313 g/mol. The van der Waals surface area contributed by atoms with Crippen LogP contribution in [0.2, 0.25) is 0 Å². The van der Waals surface area contributed by atoms with Gasteiger partial charge < -0.3 is 0 Å². The third-order valence-corrected chi connectivity index (χ3v) is 3.30. The summed E-state index contributed by atoms with van der Waals surface area (Å²) in [7, 11) is 0. The summed E-state index contributed by atoms with van der Waals surface area (Å²) in [5.74, 6) is 0.228. The Hall–Kier alpha value is -2.38. The normalized spacial score (nSPS) is 18.6. The Morgan fingerprint density at radius 1 is 1.36 bits per heavy atom. The van der Waals surface area contributed by atoms with E-state index in [-0.39, 0.29) is 11.6 Å². The van der Waals surface area contributed by atoms with E-state index < -0.39 is 22.4 Å². The minimum Gasteiger partial charge on any atom is -0.272 e. The highest BCUT2D eigenvalue weighted by Gasteiger charge is 2.33. The Bertz CT molecular complexity index is 612. The molecule has 22 heavy (non-hydrogen) atoms. The second kappa shape index (κ2) is 6.59. The summed E-state index contributed by atoms with van der Waals surface area (Å²) in [5.41, 5.74) is 0.667. The van der Waals surface area contributed by atoms with Crippen LogP contribution in [0.5, 0.6) is 0 Å². The maximum Gasteiger partial charge on any atom is 0.416 e. The molecule has 118 valence electrons. The van der Waals surface area contributed by atoms with Gasteiger partial charge in [0, 0.05) is 12.3 Å². The van der Waals surface area contributed by atoms with Crippen molar-refractivity contribution >= 4 is 17.6 Å². The summed E-state index contributed by atoms with van der Waals surface area (Å²) in [6, 6.07) is 2.30. The number of halogens is 3. The number of allylic oxidation sites excluding steroid dienone is 2. The van der Waals surface area contributed by atoms with Gasteiger partial charge >= 0.3 is 6.18 Å². The van der Waals surface area contributed by atoms with Gasteiger partial charge in [-0.05, 0) is 37.3 Å². The van der Waals surface area contributed by atoms with E-state index in [9.17, 15) is 23.3 Å². The molecule has 2 rings (SSSR count). The van der Waals surface area contributed by atoms with Gasteiger partial charge in [0.05, 0.1) is 10.5 Å². The van der Waals surface area contributed by atoms with Gasteiger partial charge in [-0.3, -0.25) is 15.5 Å². The van der Waals surface area contributed by atoms with Gasteiger partial charge in [-0.25, -0.2) is 0 Å². The molecule has 1 aliphatic carbocycles. The number of nitrogens with one attached hydrogen (secondary N) is 1. The van der Waals surface area contributed by atoms with Crippen molar-refractivity contribution in [3.63, 3.8) is 0 Å². The first-order chi connectivity index (χ1) is 10.4. The van der Waals surface area contributed by atoms with E-state index in [1.165, 1.54) is 0 Å². The summed E-state index contributed by atoms with van der Waals surface area (Å²) in [4.78, 5) is 10.0. The van der Waals surface area contributed by atoms with Crippen LogP contribution in [0.1, 0.15) is 24.8 Å². The van der Waals surface area contributed by atoms with E-state index in [0.717, 1.165) is 31.4 Å². The smallest absolute Gasteiger partial charge is 0.272 e. The Labute approximate surface area is 124 Å². The van der Waals surface area contributed by atoms with Crippen LogP contribution in [-0.2, 0) is 6.18 Å². The van der Waals surface area contributed by atoms with E-state index in [2.05, 4.69) is 16.6 Å². The molecule has 0 fully saturated rings. The lowest BCUT2D eigenvalue weighted by molar-refractivity contribution is -0.384. The number of nitrogens with zero attached hydrogens (tertiary/aromatic N) is 2. The molecule has 1 N–H and O–H groups in total. The van der Waals surface area contributed by atoms with Crippen LogP contribution >= 0.6 is 0 Å². The zero-order valence-corrected chi connectivity index (χ0v) is 11.5. The molecule has 0 bridgehead atoms. The van der Waals surface area contributed by atoms with Crippen LogP contribution in [-0.4, -0.2) is 11.1 Å². The molecule has 0 unspecified atom stereocenters. The molecule has 0 radical (unpaired) electrons. The average Bonchev–Trinajstić information content (AvgIpc) is 2.47. The summed E-state index contributed by atoms with van der Waals surface area (Å²) in [6.07, 6.45) is 3.80. The lowest BCUT2D eigenvalue weighted by Crippen LogP contribution is -2.08. The van der Waals surface area contributed by atoms with Crippen LogP contribution in [0.3, 0.4) is 0 Å². The van der Waals surface area contributed by atoms with Crippen LogP contribution in [0.4, 0.5) is 24.5 Å². The van der Waals surface area contributed by atoms with Gasteiger partial charge in [0.1, 0.15) is 5.69 Å². The number of anilines is 1. The number of hydrogen-bond acceptors (Lipinski definition) is 4. The highest BCUT2D eigenvalue weighted by molar-refractivity contribution is 5.67. The van der Waals surface area contributed by atoms with Gasteiger partial charge in [0.25, 0.3) is 5.69 Å². The monoisotopic (exact) mass is 313 g/mol. The molecule has 1 aliphatic rings. The van der Waals surface area contributed by atoms with Gasteiger partial charge in [-0.15, -0.1) is 0 Å². The number of alkyl halides is 3. The summed E-state index contributed by atoms with van der Waals surface area (Å²) in [6.45, 7) is 0. The molecule has 0 aliphatic heterocycles. The SMILES string of the molecule is O=[N+]([O-])c1cc(C(F)(F)F)ccc1N/N=C\[C@@H]1CC=CCC1. The Kier molecular flexibility index (Phi) is 4.79. The lowest BCUT2D eigenvalue weighted by atomic mass is 9.96. The Morgan fingerprint density at radius 3 is 2.73 bits per heavy atom. The zero-order chi connectivity index (χ0) is 16.2. The van der Waals surface area contributed by atoms with E-state index in [1.807, 2.05) is 6.08 Å². The van der Waals surface area contributed by atoms with Crippen LogP contribution in [0.25, 0.3) is 0 Å². The van der Waals surface area contributed by atoms with Crippen molar-refractivity contribution in [1.82, 2.24) is 0 Å². The molecule has 1 atom stereocenters. The highest BCUT2D eigenvalue weighted by Crippen LogP contribution is 2.34. The zero-order valence-electron chi connectivity index (χ0n) is 11.5. The third-order valence-electron chi connectivity index (χ3n) is 3.30. The molecule has 0 amide bonds. The number of hydrogen-bond donors (Lipinski definition) is 1. The fraction of sp³-hybridized carbons (Fsp3) is 0.357. The number of rotatable bonds is 4. The summed E-state index contributed by atoms with van der Waals surface area (Å²) in [5, 5.41) is 14.8. The lowest BCUT2D eigenvalue weighted by Gasteiger charge is -2.12. The predicted molar refractivity (Wildman–Crippen MR) is 76.7 cm³/mol. The molecular weight excluding hydrogens is 299 g/mol. The first-order valence-electron chi connectivity index (χ1n) is 6.68. The topological polar surface area (TPSA) is 67.5 Å². The first kappa shape index (κ1) is 16.0. The van der Waals surface area contributed by atoms with Crippen molar-refractivity contribution in [3.05, 3.63) is 46.0 Å². The van der Waals surface area contributed by atoms with Crippen molar-refractivity contribution in [2.75, 3.05) is 5.43 Å². The van der Waals surface area contributed by atoms with E-state index in [1.54, 1.807) is 6.21 Å². The number of benzene rings is 1. The van der Waals surface area contributed by atoms with Crippen LogP contribution < -0.4 is 5.43 Å². The third kappa shape index (κ3) is 4.06. The van der Waals surface area contributed by atoms with Crippen molar-refractivity contribution < 1.29 is 18.1 Å². The summed E-state index contributed by atoms with van der Waals surface area (Å²) < 4.78 is 37.7. The first-order valence-corrected chi connectivity index (χ1v) is 6.68. The maximum absolute atomic E-state index is 12.6. The molecule has 1 aromatic rings. The molecule has 0 saturated heterocycles. The van der Waals surface area contributed by atoms with Gasteiger partial charge in [0.2, 0.25) is 0 Å². The molecule has 1 aromatic carbocycles. The van der Waals surface area contributed by atoms with E-state index in [4.69, 9.17) is 0 Å². The van der Waals surface area contributed by atoms with Gasteiger partial charge in [0.15, 0.2) is 0 Å². The molecule has 0 saturated carbocycles. The summed E-state index contributed by atoms with van der Waals surface area (Å²) >= 11 is 0. The fourth-order valence-electron chi connectivity index (χ4n) is 2.12. The van der Waals surface area contributed by atoms with Gasteiger partial charge in [-0.2, -0.15) is 18.3 Å². The fourth-order valence-corrected chi connectivity index (χ4v) is 2.12. The minimum absolute atomic E-state index is 0.0689. The van der Waals surface area contributed by atoms with Crippen LogP contribution in [0, 0.1) is 16.0 Å². The van der Waals surface area contributed by atoms with E-state index >= 15 is 0 Å². The molecule has 0 spiro atoms. The highest BCUT2D eigenvalue weighted by atomic mass is 19.4. The molecule has 5 nitrogen and oxygen atoms in total. The molecule has 0 aromatic heterocycles. The number of hydrazone groups is 1. The minimum atomic E-state index is -4.62. The number of nitro benzene ring substituents is 1. The maximum atomic E-state index is 12.6. The second-order valence-electron chi connectivity index (χ2n) is 4.92. The second-order valence-corrected chi connectivity index (χ2v) is 4.92. The number of nitro groups is 1. The predicted octanol–water partition coefficient (Wildman–Crippen LogP) is 4.37. The standard InChI is InChI=1S/C14H14F3N3O2/c15-14(16,17)11-6-7-12(13(8-11)20(21)22)19-18-9-10-4-2-1-3-5-10/h1-2,6-10,19H,3-5H2/b18-9-/t10-/m1/s1. The van der Waals surface area contributed by atoms with E-state index in [0.29, 0.717) is 6.07 Å². The Morgan fingerprint density at radius 2 is 2.14 bits per heavy atom. The molecule has 8 heteroatoms. The van der Waals surface area contributed by atoms with Crippen LogP contribution in [0.15, 0.2) is 35.5 Å². The molecule has 0 heterocycles. The largest absolute Gasteiger partial charge is 0.416 e.